The monoisotopic (exact) mass is 228 g/mol. The van der Waals surface area contributed by atoms with Crippen molar-refractivity contribution in [3.63, 3.8) is 0 Å². The van der Waals surface area contributed by atoms with Crippen LogP contribution < -0.4 is 10.4 Å². The minimum atomic E-state index is -0.473. The van der Waals surface area contributed by atoms with Crippen LogP contribution in [0, 0.1) is 5.82 Å². The van der Waals surface area contributed by atoms with Gasteiger partial charge in [0.2, 0.25) is 6.41 Å². The summed E-state index contributed by atoms with van der Waals surface area (Å²) in [6, 6.07) is 4.37. The molecule has 1 saturated carbocycles. The highest BCUT2D eigenvalue weighted by Crippen LogP contribution is 2.25. The Morgan fingerprint density at radius 1 is 1.53 bits per heavy atom. The number of carbonyl (C=O) groups is 1. The summed E-state index contributed by atoms with van der Waals surface area (Å²) in [5, 5.41) is 1.54. The molecule has 0 spiro atoms. The van der Waals surface area contributed by atoms with Gasteiger partial charge >= 0.3 is 0 Å². The number of carbonyl (C=O) groups excluding carboxylic acids is 1. The van der Waals surface area contributed by atoms with Gasteiger partial charge in [0.25, 0.3) is 0 Å². The van der Waals surface area contributed by atoms with Crippen molar-refractivity contribution in [3.8, 4) is 0 Å². The quantitative estimate of drug-likeness (QED) is 0.632. The Bertz CT molecular complexity index is 382. The Hall–Kier alpha value is -1.13. The number of nitrogens with zero attached hydrogens (tertiary/aromatic N) is 1. The van der Waals surface area contributed by atoms with E-state index in [2.05, 4.69) is 5.43 Å². The van der Waals surface area contributed by atoms with E-state index < -0.39 is 5.82 Å². The summed E-state index contributed by atoms with van der Waals surface area (Å²) >= 11 is 5.73. The van der Waals surface area contributed by atoms with Gasteiger partial charge < -0.3 is 0 Å². The number of benzene rings is 1. The Kier molecular flexibility index (Phi) is 2.88. The van der Waals surface area contributed by atoms with Crippen LogP contribution in [0.3, 0.4) is 0 Å². The first kappa shape index (κ1) is 10.4. The van der Waals surface area contributed by atoms with Crippen molar-refractivity contribution >= 4 is 23.7 Å². The van der Waals surface area contributed by atoms with Gasteiger partial charge in [0.15, 0.2) is 0 Å². The molecule has 0 bridgehead atoms. The fraction of sp³-hybridized carbons (Fsp3) is 0.300. The standard InChI is InChI=1S/C10H10ClFN2O/c11-7-1-4-9(12)10(5-7)14(6-15)13-8-2-3-8/h1,4-6,8,13H,2-3H2. The van der Waals surface area contributed by atoms with Gasteiger partial charge in [-0.2, -0.15) is 0 Å². The van der Waals surface area contributed by atoms with E-state index >= 15 is 0 Å². The number of hydrogen-bond acceptors (Lipinski definition) is 2. The zero-order valence-corrected chi connectivity index (χ0v) is 8.67. The fourth-order valence-electron chi connectivity index (χ4n) is 1.24. The highest BCUT2D eigenvalue weighted by Gasteiger charge is 2.24. The molecule has 80 valence electrons. The second-order valence-electron chi connectivity index (χ2n) is 3.47. The van der Waals surface area contributed by atoms with Gasteiger partial charge in [-0.1, -0.05) is 11.6 Å². The highest BCUT2D eigenvalue weighted by atomic mass is 35.5. The van der Waals surface area contributed by atoms with E-state index in [1.165, 1.54) is 18.2 Å². The Morgan fingerprint density at radius 2 is 2.27 bits per heavy atom. The number of amides is 1. The maximum Gasteiger partial charge on any atom is 0.228 e. The highest BCUT2D eigenvalue weighted by molar-refractivity contribution is 6.30. The molecular formula is C10H10ClFN2O. The summed E-state index contributed by atoms with van der Waals surface area (Å²) in [6.07, 6.45) is 2.56. The molecule has 2 rings (SSSR count). The molecule has 0 aliphatic heterocycles. The lowest BCUT2D eigenvalue weighted by Crippen LogP contribution is -2.39. The molecule has 0 aromatic heterocycles. The third-order valence-corrected chi connectivity index (χ3v) is 2.41. The molecule has 3 nitrogen and oxygen atoms in total. The molecule has 1 aliphatic carbocycles. The van der Waals surface area contributed by atoms with E-state index in [1.807, 2.05) is 0 Å². The lowest BCUT2D eigenvalue weighted by atomic mass is 10.3. The molecule has 0 radical (unpaired) electrons. The van der Waals surface area contributed by atoms with Crippen LogP contribution in [0.5, 0.6) is 0 Å². The fourth-order valence-corrected chi connectivity index (χ4v) is 1.40. The summed E-state index contributed by atoms with van der Waals surface area (Å²) in [4.78, 5) is 10.8. The molecule has 15 heavy (non-hydrogen) atoms. The van der Waals surface area contributed by atoms with E-state index in [0.29, 0.717) is 11.4 Å². The van der Waals surface area contributed by atoms with E-state index in [1.54, 1.807) is 0 Å². The first-order valence-electron chi connectivity index (χ1n) is 4.66. The first-order chi connectivity index (χ1) is 7.20. The maximum absolute atomic E-state index is 13.4. The lowest BCUT2D eigenvalue weighted by Gasteiger charge is -2.18. The van der Waals surface area contributed by atoms with Crippen LogP contribution >= 0.6 is 11.6 Å². The van der Waals surface area contributed by atoms with Gasteiger partial charge in [0, 0.05) is 11.1 Å². The molecule has 1 aromatic rings. The largest absolute Gasteiger partial charge is 0.277 e. The number of halogens is 2. The molecule has 1 N–H and O–H groups in total. The molecule has 1 aliphatic rings. The van der Waals surface area contributed by atoms with Gasteiger partial charge in [0.1, 0.15) is 5.82 Å². The second kappa shape index (κ2) is 4.16. The van der Waals surface area contributed by atoms with E-state index in [-0.39, 0.29) is 11.7 Å². The molecule has 1 aromatic carbocycles. The number of anilines is 1. The van der Waals surface area contributed by atoms with E-state index in [4.69, 9.17) is 11.6 Å². The van der Waals surface area contributed by atoms with Gasteiger partial charge in [-0.15, -0.1) is 0 Å². The smallest absolute Gasteiger partial charge is 0.228 e. The van der Waals surface area contributed by atoms with Crippen LogP contribution in [0.15, 0.2) is 18.2 Å². The van der Waals surface area contributed by atoms with Crippen molar-refractivity contribution in [1.29, 1.82) is 0 Å². The molecule has 0 atom stereocenters. The summed E-state index contributed by atoms with van der Waals surface area (Å²) in [5.74, 6) is -0.473. The number of nitrogens with one attached hydrogen (secondary N) is 1. The van der Waals surface area contributed by atoms with Gasteiger partial charge in [-0.25, -0.2) is 14.8 Å². The lowest BCUT2D eigenvalue weighted by molar-refractivity contribution is -0.108. The number of hydrazine groups is 1. The van der Waals surface area contributed by atoms with Crippen LogP contribution in [0.4, 0.5) is 10.1 Å². The Morgan fingerprint density at radius 3 is 2.87 bits per heavy atom. The molecule has 0 unspecified atom stereocenters. The number of rotatable bonds is 4. The predicted molar refractivity (Wildman–Crippen MR) is 56.1 cm³/mol. The summed E-state index contributed by atoms with van der Waals surface area (Å²) in [7, 11) is 0. The maximum atomic E-state index is 13.4. The SMILES string of the molecule is O=CN(NC1CC1)c1cc(Cl)ccc1F. The average Bonchev–Trinajstić information content (AvgIpc) is 3.02. The van der Waals surface area contributed by atoms with Crippen LogP contribution in [0.1, 0.15) is 12.8 Å². The minimum Gasteiger partial charge on any atom is -0.277 e. The number of hydrogen-bond donors (Lipinski definition) is 1. The first-order valence-corrected chi connectivity index (χ1v) is 5.04. The van der Waals surface area contributed by atoms with Gasteiger partial charge in [-0.3, -0.25) is 4.79 Å². The van der Waals surface area contributed by atoms with E-state index in [0.717, 1.165) is 17.9 Å². The Labute approximate surface area is 91.8 Å². The van der Waals surface area contributed by atoms with Crippen molar-refractivity contribution in [2.45, 2.75) is 18.9 Å². The molecule has 5 heteroatoms. The zero-order chi connectivity index (χ0) is 10.8. The van der Waals surface area contributed by atoms with E-state index in [9.17, 15) is 9.18 Å². The summed E-state index contributed by atoms with van der Waals surface area (Å²) in [5.41, 5.74) is 3.05. The zero-order valence-electron chi connectivity index (χ0n) is 7.91. The molecule has 1 amide bonds. The van der Waals surface area contributed by atoms with Crippen LogP contribution in [0.25, 0.3) is 0 Å². The molecule has 0 heterocycles. The third-order valence-electron chi connectivity index (χ3n) is 2.17. The third kappa shape index (κ3) is 2.46. The van der Waals surface area contributed by atoms with Crippen molar-refractivity contribution in [3.05, 3.63) is 29.0 Å². The minimum absolute atomic E-state index is 0.157. The van der Waals surface area contributed by atoms with Crippen molar-refractivity contribution in [2.24, 2.45) is 0 Å². The Balaban J connectivity index is 2.23. The molecule has 1 fully saturated rings. The van der Waals surface area contributed by atoms with Crippen molar-refractivity contribution < 1.29 is 9.18 Å². The molecular weight excluding hydrogens is 219 g/mol. The summed E-state index contributed by atoms with van der Waals surface area (Å²) in [6.45, 7) is 0. The second-order valence-corrected chi connectivity index (χ2v) is 3.91. The molecule has 0 saturated heterocycles. The van der Waals surface area contributed by atoms with Crippen LogP contribution in [-0.2, 0) is 4.79 Å². The normalized spacial score (nSPS) is 15.1. The van der Waals surface area contributed by atoms with Gasteiger partial charge in [0.05, 0.1) is 5.69 Å². The van der Waals surface area contributed by atoms with Gasteiger partial charge in [-0.05, 0) is 31.0 Å². The van der Waals surface area contributed by atoms with Crippen molar-refractivity contribution in [1.82, 2.24) is 5.43 Å². The topological polar surface area (TPSA) is 32.3 Å². The van der Waals surface area contributed by atoms with Crippen LogP contribution in [-0.4, -0.2) is 12.5 Å². The average molecular weight is 229 g/mol. The predicted octanol–water partition coefficient (Wildman–Crippen LogP) is 2.11. The summed E-state index contributed by atoms with van der Waals surface area (Å²) < 4.78 is 13.4. The van der Waals surface area contributed by atoms with Crippen molar-refractivity contribution in [2.75, 3.05) is 5.01 Å². The van der Waals surface area contributed by atoms with Crippen LogP contribution in [0.2, 0.25) is 5.02 Å².